The van der Waals surface area contributed by atoms with Crippen molar-refractivity contribution in [2.75, 3.05) is 4.90 Å². The minimum Gasteiger partial charge on any atom is -0.456 e. The molecule has 3 heterocycles. The van der Waals surface area contributed by atoms with E-state index < -0.39 is 0 Å². The van der Waals surface area contributed by atoms with Crippen LogP contribution in [0.15, 0.2) is 179 Å². The highest BCUT2D eigenvalue weighted by molar-refractivity contribution is 6.07. The lowest BCUT2D eigenvalue weighted by Gasteiger charge is -2.24. The molecule has 0 spiro atoms. The third-order valence-corrected chi connectivity index (χ3v) is 9.34. The number of fused-ring (bicyclic) bond motifs is 6. The predicted molar refractivity (Wildman–Crippen MR) is 205 cm³/mol. The number of nitrogens with zero attached hydrogens (tertiary/aromatic N) is 4. The molecule has 0 aliphatic rings. The molecule has 0 unspecified atom stereocenters. The molecule has 6 nitrogen and oxygen atoms in total. The molecule has 10 aromatic rings. The van der Waals surface area contributed by atoms with E-state index in [0.717, 1.165) is 77.5 Å². The summed E-state index contributed by atoms with van der Waals surface area (Å²) >= 11 is 0. The number of anilines is 3. The van der Waals surface area contributed by atoms with Crippen LogP contribution in [0.1, 0.15) is 0 Å². The summed E-state index contributed by atoms with van der Waals surface area (Å²) in [5.41, 5.74) is 9.09. The summed E-state index contributed by atoms with van der Waals surface area (Å²) in [4.78, 5) is 17.5. The Morgan fingerprint density at radius 3 is 1.61 bits per heavy atom. The van der Waals surface area contributed by atoms with E-state index in [1.807, 2.05) is 72.8 Å². The van der Waals surface area contributed by atoms with E-state index in [4.69, 9.17) is 23.8 Å². The van der Waals surface area contributed by atoms with Crippen LogP contribution < -0.4 is 4.90 Å². The fourth-order valence-corrected chi connectivity index (χ4v) is 6.84. The number of hydrogen-bond acceptors (Lipinski definition) is 6. The van der Waals surface area contributed by atoms with Crippen LogP contribution in [0.3, 0.4) is 0 Å². The van der Waals surface area contributed by atoms with Gasteiger partial charge in [0, 0.05) is 44.0 Å². The highest BCUT2D eigenvalue weighted by Gasteiger charge is 2.21. The van der Waals surface area contributed by atoms with E-state index in [2.05, 4.69) is 102 Å². The van der Waals surface area contributed by atoms with E-state index in [9.17, 15) is 0 Å². The van der Waals surface area contributed by atoms with Gasteiger partial charge in [-0.3, -0.25) is 4.90 Å². The number of furan rings is 2. The Hall–Kier alpha value is -7.05. The summed E-state index contributed by atoms with van der Waals surface area (Å²) < 4.78 is 12.5. The Labute approximate surface area is 292 Å². The molecule has 0 atom stereocenters. The summed E-state index contributed by atoms with van der Waals surface area (Å²) in [6.45, 7) is 0. The first-order valence-corrected chi connectivity index (χ1v) is 16.9. The Bertz CT molecular complexity index is 2860. The Balaban J connectivity index is 1.18. The van der Waals surface area contributed by atoms with Crippen molar-refractivity contribution in [3.63, 3.8) is 0 Å². The summed E-state index contributed by atoms with van der Waals surface area (Å²) in [5.74, 6) is 1.60. The molecule has 240 valence electrons. The van der Waals surface area contributed by atoms with Gasteiger partial charge in [0.15, 0.2) is 11.6 Å². The second-order valence-corrected chi connectivity index (χ2v) is 12.5. The molecule has 0 aliphatic carbocycles. The minimum atomic E-state index is 0.491. The van der Waals surface area contributed by atoms with Gasteiger partial charge in [-0.15, -0.1) is 0 Å². The summed E-state index contributed by atoms with van der Waals surface area (Å²) in [6.07, 6.45) is 0. The molecule has 0 radical (unpaired) electrons. The number of rotatable bonds is 6. The quantitative estimate of drug-likeness (QED) is 0.177. The van der Waals surface area contributed by atoms with E-state index in [1.165, 1.54) is 0 Å². The van der Waals surface area contributed by atoms with Crippen LogP contribution in [0.25, 0.3) is 77.8 Å². The lowest BCUT2D eigenvalue weighted by Crippen LogP contribution is -2.15. The number of benzene rings is 7. The monoisotopic (exact) mass is 656 g/mol. The van der Waals surface area contributed by atoms with Gasteiger partial charge in [0.05, 0.1) is 0 Å². The van der Waals surface area contributed by atoms with Crippen molar-refractivity contribution in [1.82, 2.24) is 15.0 Å². The second-order valence-electron chi connectivity index (χ2n) is 12.5. The smallest absolute Gasteiger partial charge is 0.238 e. The van der Waals surface area contributed by atoms with Crippen LogP contribution in [0, 0.1) is 0 Å². The van der Waals surface area contributed by atoms with E-state index in [0.29, 0.717) is 17.6 Å². The zero-order valence-corrected chi connectivity index (χ0v) is 27.3. The molecule has 6 heteroatoms. The van der Waals surface area contributed by atoms with Crippen LogP contribution in [-0.2, 0) is 0 Å². The van der Waals surface area contributed by atoms with Crippen LogP contribution in [0.2, 0.25) is 0 Å². The molecule has 0 N–H and O–H groups in total. The van der Waals surface area contributed by atoms with Crippen molar-refractivity contribution in [3.8, 4) is 33.9 Å². The number of hydrogen-bond donors (Lipinski definition) is 0. The fraction of sp³-hybridized carbons (Fsp3) is 0. The van der Waals surface area contributed by atoms with Gasteiger partial charge in [0.25, 0.3) is 0 Å². The first-order valence-electron chi connectivity index (χ1n) is 16.9. The van der Waals surface area contributed by atoms with Crippen molar-refractivity contribution < 1.29 is 8.83 Å². The maximum absolute atomic E-state index is 6.28. The first kappa shape index (κ1) is 28.9. The number of para-hydroxylation sites is 3. The fourth-order valence-electron chi connectivity index (χ4n) is 6.84. The lowest BCUT2D eigenvalue weighted by atomic mass is 10.0. The second kappa shape index (κ2) is 11.8. The summed E-state index contributed by atoms with van der Waals surface area (Å²) in [6, 6.07) is 57.5. The average Bonchev–Trinajstić information content (AvgIpc) is 3.76. The molecule has 3 aromatic heterocycles. The Kier molecular flexibility index (Phi) is 6.70. The van der Waals surface area contributed by atoms with Gasteiger partial charge in [0.1, 0.15) is 22.3 Å². The van der Waals surface area contributed by atoms with Crippen molar-refractivity contribution in [2.45, 2.75) is 0 Å². The molecular formula is C45H28N4O2. The van der Waals surface area contributed by atoms with Gasteiger partial charge in [-0.05, 0) is 65.7 Å². The zero-order valence-electron chi connectivity index (χ0n) is 27.3. The normalized spacial score (nSPS) is 11.5. The van der Waals surface area contributed by atoms with Crippen LogP contribution >= 0.6 is 0 Å². The van der Waals surface area contributed by atoms with Crippen LogP contribution in [0.5, 0.6) is 0 Å². The molecular weight excluding hydrogens is 629 g/mol. The highest BCUT2D eigenvalue weighted by Crippen LogP contribution is 2.39. The third kappa shape index (κ3) is 5.09. The summed E-state index contributed by atoms with van der Waals surface area (Å²) in [5, 5.41) is 4.20. The van der Waals surface area contributed by atoms with Crippen molar-refractivity contribution in [2.24, 2.45) is 0 Å². The van der Waals surface area contributed by atoms with E-state index in [-0.39, 0.29) is 0 Å². The van der Waals surface area contributed by atoms with Gasteiger partial charge >= 0.3 is 0 Å². The van der Waals surface area contributed by atoms with Crippen molar-refractivity contribution in [3.05, 3.63) is 170 Å². The largest absolute Gasteiger partial charge is 0.456 e. The predicted octanol–water partition coefficient (Wildman–Crippen LogP) is 12.1. The molecule has 7 aromatic carbocycles. The maximum atomic E-state index is 6.28. The average molecular weight is 657 g/mol. The van der Waals surface area contributed by atoms with Gasteiger partial charge in [-0.25, -0.2) is 4.98 Å². The first-order chi connectivity index (χ1) is 25.2. The topological polar surface area (TPSA) is 68.2 Å². The van der Waals surface area contributed by atoms with Crippen molar-refractivity contribution >= 4 is 61.2 Å². The third-order valence-electron chi connectivity index (χ3n) is 9.34. The van der Waals surface area contributed by atoms with Crippen molar-refractivity contribution in [1.29, 1.82) is 0 Å². The van der Waals surface area contributed by atoms with E-state index >= 15 is 0 Å². The van der Waals surface area contributed by atoms with E-state index in [1.54, 1.807) is 0 Å². The molecule has 0 saturated carbocycles. The molecule has 51 heavy (non-hydrogen) atoms. The number of aromatic nitrogens is 3. The molecule has 0 saturated heterocycles. The Morgan fingerprint density at radius 1 is 0.333 bits per heavy atom. The Morgan fingerprint density at radius 2 is 0.863 bits per heavy atom. The van der Waals surface area contributed by atoms with Gasteiger partial charge in [0.2, 0.25) is 5.95 Å². The summed E-state index contributed by atoms with van der Waals surface area (Å²) in [7, 11) is 0. The molecule has 10 rings (SSSR count). The SMILES string of the molecule is c1ccc(-c2ccc(-c3nc(-c4ccc5c(c4)oc4ccccc45)nc(N(c4ccccc4)c4ccc5oc6ccccc6c5c4)n3)cc2)cc1. The van der Waals surface area contributed by atoms with Gasteiger partial charge in [-0.1, -0.05) is 115 Å². The highest BCUT2D eigenvalue weighted by atomic mass is 16.3. The lowest BCUT2D eigenvalue weighted by molar-refractivity contribution is 0.668. The molecule has 0 aliphatic heterocycles. The maximum Gasteiger partial charge on any atom is 0.238 e. The van der Waals surface area contributed by atoms with Gasteiger partial charge < -0.3 is 8.83 Å². The van der Waals surface area contributed by atoms with Gasteiger partial charge in [-0.2, -0.15) is 9.97 Å². The molecule has 0 fully saturated rings. The van der Waals surface area contributed by atoms with Crippen LogP contribution in [0.4, 0.5) is 17.3 Å². The standard InChI is InChI=1S/C45H28N4O2/c1-3-11-29(12-4-1)30-19-21-31(22-20-30)43-46-44(32-23-25-37-35-15-7-9-17-39(35)51-42(37)27-32)48-45(47-43)49(33-13-5-2-6-14-33)34-24-26-41-38(28-34)36-16-8-10-18-40(36)50-41/h1-28H. The molecule has 0 amide bonds. The zero-order chi connectivity index (χ0) is 33.7. The minimum absolute atomic E-state index is 0.491. The van der Waals surface area contributed by atoms with Crippen LogP contribution in [-0.4, -0.2) is 15.0 Å². The molecule has 0 bridgehead atoms.